The van der Waals surface area contributed by atoms with E-state index in [0.29, 0.717) is 83.4 Å². The highest BCUT2D eigenvalue weighted by Gasteiger charge is 2.61. The molecule has 16 nitrogen and oxygen atoms in total. The van der Waals surface area contributed by atoms with Gasteiger partial charge in [-0.1, -0.05) is 59.6 Å². The van der Waals surface area contributed by atoms with Gasteiger partial charge in [0.15, 0.2) is 5.13 Å². The minimum absolute atomic E-state index is 0.0378. The van der Waals surface area contributed by atoms with Gasteiger partial charge in [0.2, 0.25) is 11.8 Å². The molecule has 0 spiro atoms. The number of aromatic nitrogens is 2. The average Bonchev–Trinajstić information content (AvgIpc) is 3.47. The van der Waals surface area contributed by atoms with Crippen LogP contribution >= 0.6 is 22.9 Å². The molecule has 0 unspecified atom stereocenters. The summed E-state index contributed by atoms with van der Waals surface area (Å²) in [7, 11) is 0. The molecule has 4 N–H and O–H groups in total. The lowest BCUT2D eigenvalue weighted by atomic mass is 9.85. The number of morpholine rings is 1. The largest absolute Gasteiger partial charge is 0.491 e. The Labute approximate surface area is 384 Å². The van der Waals surface area contributed by atoms with Crippen molar-refractivity contribution >= 4 is 62.8 Å². The lowest BCUT2D eigenvalue weighted by molar-refractivity contribution is -0.146. The number of anilines is 1. The van der Waals surface area contributed by atoms with Gasteiger partial charge >= 0.3 is 12.1 Å². The van der Waals surface area contributed by atoms with Gasteiger partial charge in [-0.15, -0.1) is 11.3 Å². The van der Waals surface area contributed by atoms with Gasteiger partial charge in [0.25, 0.3) is 0 Å². The number of carboxylic acid groups (broad SMARTS) is 1. The van der Waals surface area contributed by atoms with Gasteiger partial charge in [0, 0.05) is 48.9 Å². The Morgan fingerprint density at radius 2 is 1.75 bits per heavy atom. The van der Waals surface area contributed by atoms with E-state index in [1.54, 1.807) is 12.1 Å². The number of carbonyl (C=O) groups is 4. The number of rotatable bonds is 16. The Balaban J connectivity index is 1.20. The number of aliphatic carboxylic acids is 1. The van der Waals surface area contributed by atoms with Gasteiger partial charge in [-0.2, -0.15) is 0 Å². The number of carbonyl (C=O) groups excluding carboxylic acids is 3. The van der Waals surface area contributed by atoms with E-state index in [9.17, 15) is 24.3 Å². The Bertz CT molecular complexity index is 2190. The van der Waals surface area contributed by atoms with E-state index >= 15 is 0 Å². The number of hydrogen-bond donors (Lipinski definition) is 4. The third-order valence-electron chi connectivity index (χ3n) is 13.2. The summed E-state index contributed by atoms with van der Waals surface area (Å²) in [4.78, 5) is 68.7. The number of nitrogens with zero attached hydrogens (tertiary/aromatic N) is 4. The van der Waals surface area contributed by atoms with E-state index in [-0.39, 0.29) is 37.5 Å². The number of nitrogens with one attached hydrogen (secondary N) is 3. The first-order chi connectivity index (χ1) is 30.4. The van der Waals surface area contributed by atoms with Crippen molar-refractivity contribution in [3.63, 3.8) is 0 Å². The molecule has 2 aliphatic heterocycles. The summed E-state index contributed by atoms with van der Waals surface area (Å²) in [5.74, 6) is -0.806. The normalized spacial score (nSPS) is 26.4. The zero-order chi connectivity index (χ0) is 46.1. The molecule has 2 saturated heterocycles. The number of ether oxygens (including phenoxy) is 4. The Hall–Kier alpha value is -4.45. The number of thiazole rings is 1. The molecule has 2 aromatic heterocycles. The van der Waals surface area contributed by atoms with Crippen molar-refractivity contribution in [3.8, 4) is 22.9 Å². The Kier molecular flexibility index (Phi) is 14.5. The van der Waals surface area contributed by atoms with Crippen molar-refractivity contribution in [1.82, 2.24) is 30.4 Å². The molecular formula is C46H64ClN7O9S. The van der Waals surface area contributed by atoms with E-state index in [0.717, 1.165) is 31.1 Å². The molecule has 7 rings (SSSR count). The number of pyridine rings is 1. The summed E-state index contributed by atoms with van der Waals surface area (Å²) in [5.41, 5.74) is -0.714. The smallest absolute Gasteiger partial charge is 0.408 e. The zero-order valence-electron chi connectivity index (χ0n) is 38.2. The van der Waals surface area contributed by atoms with Crippen molar-refractivity contribution in [1.29, 1.82) is 0 Å². The minimum atomic E-state index is -1.42. The maximum absolute atomic E-state index is 14.9. The lowest BCUT2D eigenvalue weighted by Gasteiger charge is -2.35. The van der Waals surface area contributed by atoms with Crippen LogP contribution in [0.3, 0.4) is 0 Å². The molecule has 18 heteroatoms. The van der Waals surface area contributed by atoms with Crippen LogP contribution in [0.2, 0.25) is 5.02 Å². The molecule has 2 saturated carbocycles. The Morgan fingerprint density at radius 3 is 2.39 bits per heavy atom. The summed E-state index contributed by atoms with van der Waals surface area (Å²) in [5, 5.41) is 22.7. The summed E-state index contributed by atoms with van der Waals surface area (Å²) in [6.45, 7) is 19.8. The van der Waals surface area contributed by atoms with Gasteiger partial charge in [-0.05, 0) is 68.4 Å². The number of likely N-dealkylation sites (tertiary alicyclic amines) is 1. The van der Waals surface area contributed by atoms with Gasteiger partial charge in [-0.25, -0.2) is 19.6 Å². The maximum atomic E-state index is 14.9. The maximum Gasteiger partial charge on any atom is 0.408 e. The van der Waals surface area contributed by atoms with Crippen LogP contribution in [-0.4, -0.2) is 131 Å². The molecule has 2 aliphatic carbocycles. The molecule has 1 aromatic carbocycles. The highest BCUT2D eigenvalue weighted by molar-refractivity contribution is 7.14. The molecule has 350 valence electrons. The lowest BCUT2D eigenvalue weighted by Crippen LogP contribution is -2.59. The van der Waals surface area contributed by atoms with Crippen molar-refractivity contribution < 1.29 is 43.2 Å². The second-order valence-electron chi connectivity index (χ2n) is 19.4. The van der Waals surface area contributed by atoms with E-state index in [1.807, 2.05) is 53.0 Å². The van der Waals surface area contributed by atoms with Crippen molar-refractivity contribution in [2.75, 3.05) is 51.3 Å². The highest BCUT2D eigenvalue weighted by Crippen LogP contribution is 2.47. The minimum Gasteiger partial charge on any atom is -0.491 e. The van der Waals surface area contributed by atoms with E-state index < -0.39 is 53.0 Å². The molecule has 0 bridgehead atoms. The monoisotopic (exact) mass is 925 g/mol. The second-order valence-corrected chi connectivity index (χ2v) is 20.6. The topological polar surface area (TPSA) is 194 Å². The molecule has 0 radical (unpaired) electrons. The van der Waals surface area contributed by atoms with Crippen LogP contribution in [0, 0.1) is 23.2 Å². The van der Waals surface area contributed by atoms with E-state index in [1.165, 1.54) is 16.2 Å². The third-order valence-corrected chi connectivity index (χ3v) is 14.3. The molecular weight excluding hydrogens is 862 g/mol. The number of amides is 3. The molecule has 8 atom stereocenters. The first-order valence-electron chi connectivity index (χ1n) is 22.6. The standard InChI is InChI=1S/C46H64ClN7O9S/c1-9-28-22-46(28,42(57)58)52-40(55)34-20-30(23-54(34)41(56)39(45(6,7)8)51-44(59)63-29-18-26(4)27(5)19-29)62-36-21-32(33-24-64-43(50-33)48-25(2)3)49-38-31(36)10-11-35(37(38)47)61-17-14-53-12-15-60-16-13-53/h10-11,21,24-30,34,39H,9,12-20,22-23H2,1-8H3,(H,48,50)(H,51,59)(H,52,55)(H,57,58)/t26-,27+,28-,29+,30-,34+,39-,46-/m1/s1. The number of alkyl carbamates (subject to hydrolysis) is 1. The van der Waals surface area contributed by atoms with Crippen LogP contribution in [0.5, 0.6) is 11.5 Å². The first-order valence-corrected chi connectivity index (χ1v) is 23.9. The van der Waals surface area contributed by atoms with Gasteiger partial charge in [-0.3, -0.25) is 14.5 Å². The summed E-state index contributed by atoms with van der Waals surface area (Å²) in [6.07, 6.45) is 0.650. The van der Waals surface area contributed by atoms with Crippen LogP contribution in [-0.2, 0) is 23.9 Å². The molecule has 4 fully saturated rings. The van der Waals surface area contributed by atoms with Crippen LogP contribution < -0.4 is 25.4 Å². The number of carboxylic acids is 1. The van der Waals surface area contributed by atoms with Crippen molar-refractivity contribution in [2.45, 2.75) is 123 Å². The fourth-order valence-electron chi connectivity index (χ4n) is 9.12. The predicted octanol–water partition coefficient (Wildman–Crippen LogP) is 6.84. The van der Waals surface area contributed by atoms with Crippen LogP contribution in [0.25, 0.3) is 22.3 Å². The predicted molar refractivity (Wildman–Crippen MR) is 245 cm³/mol. The Morgan fingerprint density at radius 1 is 1.03 bits per heavy atom. The fraction of sp³-hybridized carbons (Fsp3) is 0.652. The van der Waals surface area contributed by atoms with Gasteiger partial charge in [0.05, 0.1) is 31.0 Å². The molecule has 64 heavy (non-hydrogen) atoms. The SMILES string of the molecule is CC[C@@H]1C[C@]1(NC(=O)[C@@H]1C[C@@H](Oc2cc(-c3csc(NC(C)C)n3)nc3c(Cl)c(OCCN4CCOCC4)ccc23)CN1C(=O)[C@@H](NC(=O)O[C@H]1C[C@@H](C)[C@@H](C)C1)C(C)(C)C)C(=O)O. The fourth-order valence-corrected chi connectivity index (χ4v) is 10.2. The number of benzene rings is 1. The average molecular weight is 927 g/mol. The van der Waals surface area contributed by atoms with Crippen molar-refractivity contribution in [2.24, 2.45) is 23.2 Å². The third kappa shape index (κ3) is 10.6. The van der Waals surface area contributed by atoms with Crippen LogP contribution in [0.15, 0.2) is 23.6 Å². The number of halogens is 1. The summed E-state index contributed by atoms with van der Waals surface area (Å²) in [6, 6.07) is 3.35. The second kappa shape index (κ2) is 19.6. The molecule has 4 aliphatic rings. The van der Waals surface area contributed by atoms with Gasteiger partial charge < -0.3 is 44.9 Å². The van der Waals surface area contributed by atoms with Gasteiger partial charge in [0.1, 0.15) is 58.7 Å². The molecule has 4 heterocycles. The van der Waals surface area contributed by atoms with Crippen LogP contribution in [0.4, 0.5) is 9.93 Å². The van der Waals surface area contributed by atoms with Crippen LogP contribution in [0.1, 0.15) is 87.5 Å². The number of fused-ring (bicyclic) bond motifs is 1. The molecule has 3 aromatic rings. The summed E-state index contributed by atoms with van der Waals surface area (Å²) >= 11 is 8.56. The zero-order valence-corrected chi connectivity index (χ0v) is 39.8. The van der Waals surface area contributed by atoms with Crippen molar-refractivity contribution in [3.05, 3.63) is 28.6 Å². The first kappa shape index (κ1) is 47.5. The molecule has 3 amide bonds. The highest BCUT2D eigenvalue weighted by atomic mass is 35.5. The number of hydrogen-bond acceptors (Lipinski definition) is 13. The van der Waals surface area contributed by atoms with E-state index in [4.69, 9.17) is 40.5 Å². The van der Waals surface area contributed by atoms with E-state index in [2.05, 4.69) is 34.7 Å². The summed E-state index contributed by atoms with van der Waals surface area (Å²) < 4.78 is 24.4. The quantitative estimate of drug-likeness (QED) is 0.117.